The number of rotatable bonds is 3. The molecule has 2 rings (SSSR count). The molecule has 1 saturated heterocycles. The van der Waals surface area contributed by atoms with Crippen LogP contribution in [0.4, 0.5) is 0 Å². The van der Waals surface area contributed by atoms with Crippen molar-refractivity contribution >= 4 is 17.6 Å². The zero-order valence-electron chi connectivity index (χ0n) is 9.86. The van der Waals surface area contributed by atoms with E-state index in [9.17, 15) is 9.59 Å². The maximum atomic E-state index is 11.6. The van der Waals surface area contributed by atoms with Gasteiger partial charge in [0.1, 0.15) is 0 Å². The smallest absolute Gasteiger partial charge is 0.311 e. The average Bonchev–Trinajstić information content (AvgIpc) is 2.34. The van der Waals surface area contributed by atoms with E-state index in [1.54, 1.807) is 6.92 Å². The predicted molar refractivity (Wildman–Crippen MR) is 61.3 cm³/mol. The Balaban J connectivity index is 2.05. The van der Waals surface area contributed by atoms with Gasteiger partial charge < -0.3 is 10.1 Å². The minimum absolute atomic E-state index is 0.0295. The van der Waals surface area contributed by atoms with E-state index >= 15 is 0 Å². The molecule has 2 heterocycles. The number of carbonyl (C=O) groups is 2. The van der Waals surface area contributed by atoms with Crippen molar-refractivity contribution in [3.8, 4) is 0 Å². The first kappa shape index (κ1) is 12.0. The van der Waals surface area contributed by atoms with Crippen LogP contribution >= 0.6 is 0 Å². The van der Waals surface area contributed by atoms with Crippen LogP contribution in [0, 0.1) is 5.92 Å². The van der Waals surface area contributed by atoms with Crippen LogP contribution in [0.1, 0.15) is 26.2 Å². The van der Waals surface area contributed by atoms with Crippen molar-refractivity contribution in [3.63, 3.8) is 0 Å². The highest BCUT2D eigenvalue weighted by Crippen LogP contribution is 2.22. The van der Waals surface area contributed by atoms with Gasteiger partial charge in [0.15, 0.2) is 0 Å². The quantitative estimate of drug-likeness (QED) is 0.668. The fourth-order valence-corrected chi connectivity index (χ4v) is 2.33. The molecule has 0 aromatic carbocycles. The largest absolute Gasteiger partial charge is 0.466 e. The number of ether oxygens (including phenoxy) is 1. The van der Waals surface area contributed by atoms with Gasteiger partial charge in [-0.1, -0.05) is 0 Å². The van der Waals surface area contributed by atoms with E-state index in [0.29, 0.717) is 6.61 Å². The van der Waals surface area contributed by atoms with Crippen LogP contribution in [0.15, 0.2) is 5.10 Å². The molecule has 2 N–H and O–H groups in total. The van der Waals surface area contributed by atoms with Crippen LogP contribution in [0.2, 0.25) is 0 Å². The van der Waals surface area contributed by atoms with Gasteiger partial charge in [0, 0.05) is 5.92 Å². The molecule has 0 aromatic rings. The topological polar surface area (TPSA) is 79.8 Å². The zero-order chi connectivity index (χ0) is 12.3. The molecule has 0 saturated carbocycles. The van der Waals surface area contributed by atoms with Crippen LogP contribution in [0.25, 0.3) is 0 Å². The highest BCUT2D eigenvalue weighted by molar-refractivity contribution is 6.05. The van der Waals surface area contributed by atoms with Crippen LogP contribution in [-0.2, 0) is 14.3 Å². The molecular formula is C11H17N3O3. The fourth-order valence-electron chi connectivity index (χ4n) is 2.33. The Morgan fingerprint density at radius 2 is 2.41 bits per heavy atom. The summed E-state index contributed by atoms with van der Waals surface area (Å²) in [5.74, 6) is -0.365. The second-order valence-corrected chi connectivity index (χ2v) is 4.24. The SMILES string of the molecule is CCOC(=O)CC1=NNC(=O)C2NCCCC12. The van der Waals surface area contributed by atoms with Crippen LogP contribution in [0.5, 0.6) is 0 Å². The number of amides is 1. The van der Waals surface area contributed by atoms with Gasteiger partial charge in [0.05, 0.1) is 24.8 Å². The lowest BCUT2D eigenvalue weighted by molar-refractivity contribution is -0.141. The maximum Gasteiger partial charge on any atom is 0.311 e. The summed E-state index contributed by atoms with van der Waals surface area (Å²) in [4.78, 5) is 23.0. The average molecular weight is 239 g/mol. The molecule has 1 fully saturated rings. The van der Waals surface area contributed by atoms with Crippen molar-refractivity contribution in [1.82, 2.24) is 10.7 Å². The van der Waals surface area contributed by atoms with Gasteiger partial charge in [0.25, 0.3) is 5.91 Å². The summed E-state index contributed by atoms with van der Waals surface area (Å²) >= 11 is 0. The molecule has 2 unspecified atom stereocenters. The van der Waals surface area contributed by atoms with Crippen LogP contribution in [0.3, 0.4) is 0 Å². The van der Waals surface area contributed by atoms with E-state index in [1.165, 1.54) is 0 Å². The summed E-state index contributed by atoms with van der Waals surface area (Å²) in [6.45, 7) is 2.97. The molecule has 2 aliphatic heterocycles. The summed E-state index contributed by atoms with van der Waals surface area (Å²) in [6, 6.07) is -0.245. The minimum Gasteiger partial charge on any atom is -0.466 e. The van der Waals surface area contributed by atoms with Crippen molar-refractivity contribution in [1.29, 1.82) is 0 Å². The van der Waals surface area contributed by atoms with E-state index < -0.39 is 0 Å². The van der Waals surface area contributed by atoms with Crippen molar-refractivity contribution in [2.45, 2.75) is 32.2 Å². The highest BCUT2D eigenvalue weighted by atomic mass is 16.5. The number of fused-ring (bicyclic) bond motifs is 1. The summed E-state index contributed by atoms with van der Waals surface area (Å²) in [5, 5.41) is 7.15. The summed E-state index contributed by atoms with van der Waals surface area (Å²) in [6.07, 6.45) is 2.05. The van der Waals surface area contributed by atoms with Crippen molar-refractivity contribution < 1.29 is 14.3 Å². The third kappa shape index (κ3) is 2.63. The first-order valence-corrected chi connectivity index (χ1v) is 5.97. The van der Waals surface area contributed by atoms with Gasteiger partial charge in [0.2, 0.25) is 0 Å². The predicted octanol–water partition coefficient (Wildman–Crippen LogP) is -0.206. The van der Waals surface area contributed by atoms with E-state index in [4.69, 9.17) is 4.74 Å². The molecule has 6 nitrogen and oxygen atoms in total. The Morgan fingerprint density at radius 1 is 1.59 bits per heavy atom. The Hall–Kier alpha value is -1.43. The zero-order valence-corrected chi connectivity index (χ0v) is 9.86. The van der Waals surface area contributed by atoms with Gasteiger partial charge >= 0.3 is 5.97 Å². The van der Waals surface area contributed by atoms with Crippen molar-refractivity contribution in [3.05, 3.63) is 0 Å². The molecule has 0 aliphatic carbocycles. The molecule has 0 bridgehead atoms. The molecule has 2 aliphatic rings. The molecule has 1 amide bonds. The maximum absolute atomic E-state index is 11.6. The van der Waals surface area contributed by atoms with E-state index in [2.05, 4.69) is 15.8 Å². The van der Waals surface area contributed by atoms with Crippen molar-refractivity contribution in [2.24, 2.45) is 11.0 Å². The van der Waals surface area contributed by atoms with Gasteiger partial charge in [-0.2, -0.15) is 5.10 Å². The van der Waals surface area contributed by atoms with Gasteiger partial charge in [-0.05, 0) is 26.3 Å². The van der Waals surface area contributed by atoms with E-state index in [0.717, 1.165) is 25.1 Å². The lowest BCUT2D eigenvalue weighted by Crippen LogP contribution is -2.56. The first-order chi connectivity index (χ1) is 8.22. The normalized spacial score (nSPS) is 27.8. The monoisotopic (exact) mass is 239 g/mol. The third-order valence-electron chi connectivity index (χ3n) is 3.11. The van der Waals surface area contributed by atoms with Crippen LogP contribution < -0.4 is 10.7 Å². The number of hydrogen-bond acceptors (Lipinski definition) is 5. The number of hydrogen-bond donors (Lipinski definition) is 2. The van der Waals surface area contributed by atoms with Gasteiger partial charge in [-0.25, -0.2) is 5.43 Å². The fraction of sp³-hybridized carbons (Fsp3) is 0.727. The molecule has 6 heteroatoms. The summed E-state index contributed by atoms with van der Waals surface area (Å²) in [5.41, 5.74) is 3.18. The molecule has 0 spiro atoms. The second kappa shape index (κ2) is 5.27. The van der Waals surface area contributed by atoms with Crippen molar-refractivity contribution in [2.75, 3.05) is 13.2 Å². The number of nitrogens with zero attached hydrogens (tertiary/aromatic N) is 1. The number of esters is 1. The summed E-state index contributed by atoms with van der Waals surface area (Å²) in [7, 11) is 0. The minimum atomic E-state index is -0.285. The Labute approximate surface area is 99.8 Å². The molecular weight excluding hydrogens is 222 g/mol. The van der Waals surface area contributed by atoms with E-state index in [-0.39, 0.29) is 30.3 Å². The van der Waals surface area contributed by atoms with Gasteiger partial charge in [-0.15, -0.1) is 0 Å². The third-order valence-corrected chi connectivity index (χ3v) is 3.11. The number of carbonyl (C=O) groups excluding carboxylic acids is 2. The molecule has 0 radical (unpaired) electrons. The van der Waals surface area contributed by atoms with E-state index in [1.807, 2.05) is 0 Å². The van der Waals surface area contributed by atoms with Gasteiger partial charge in [-0.3, -0.25) is 9.59 Å². The number of piperidine rings is 1. The molecule has 17 heavy (non-hydrogen) atoms. The molecule has 0 aromatic heterocycles. The molecule has 94 valence electrons. The lowest BCUT2D eigenvalue weighted by atomic mass is 9.84. The number of nitrogens with one attached hydrogen (secondary N) is 2. The second-order valence-electron chi connectivity index (χ2n) is 4.24. The molecule has 2 atom stereocenters. The highest BCUT2D eigenvalue weighted by Gasteiger charge is 2.37. The Kier molecular flexibility index (Phi) is 3.73. The van der Waals surface area contributed by atoms with Crippen LogP contribution in [-0.4, -0.2) is 36.8 Å². The standard InChI is InChI=1S/C11H17N3O3/c1-2-17-9(15)6-8-7-4-3-5-12-10(7)11(16)14-13-8/h7,10,12H,2-6H2,1H3,(H,14,16). The Morgan fingerprint density at radius 3 is 3.18 bits per heavy atom. The first-order valence-electron chi connectivity index (χ1n) is 5.97. The Bertz CT molecular complexity index is 354. The number of hydrazone groups is 1. The summed E-state index contributed by atoms with van der Waals surface area (Å²) < 4.78 is 4.90. The lowest BCUT2D eigenvalue weighted by Gasteiger charge is -2.34.